The van der Waals surface area contributed by atoms with E-state index in [1.165, 1.54) is 12.0 Å². The van der Waals surface area contributed by atoms with Crippen LogP contribution in [0.1, 0.15) is 16.8 Å². The molecule has 0 unspecified atom stereocenters. The lowest BCUT2D eigenvalue weighted by atomic mass is 10.1. The van der Waals surface area contributed by atoms with Gasteiger partial charge in [0.05, 0.1) is 18.7 Å². The molecule has 4 rings (SSSR count). The third-order valence-corrected chi connectivity index (χ3v) is 4.87. The third-order valence-electron chi connectivity index (χ3n) is 4.87. The van der Waals surface area contributed by atoms with Gasteiger partial charge in [-0.3, -0.25) is 14.4 Å². The molecular formula is C21H19NO7. The molecule has 0 bridgehead atoms. The number of carbonyl (C=O) groups is 3. The Bertz CT molecular complexity index is 971. The number of anilines is 1. The summed E-state index contributed by atoms with van der Waals surface area (Å²) in [5.74, 6) is -0.175. The predicted molar refractivity (Wildman–Crippen MR) is 101 cm³/mol. The first-order valence-corrected chi connectivity index (χ1v) is 9.09. The number of amides is 1. The first-order chi connectivity index (χ1) is 14.1. The van der Waals surface area contributed by atoms with Crippen molar-refractivity contribution in [3.8, 4) is 17.2 Å². The second-order valence-corrected chi connectivity index (χ2v) is 6.68. The number of ketones is 1. The SMILES string of the molecule is COc1ccccc1N1C[C@H](C(=O)OCC(=O)c2ccc3c(c2)OCO3)CC1=O. The Kier molecular flexibility index (Phi) is 5.07. The van der Waals surface area contributed by atoms with Gasteiger partial charge in [0, 0.05) is 18.5 Å². The van der Waals surface area contributed by atoms with Gasteiger partial charge in [-0.2, -0.15) is 0 Å². The van der Waals surface area contributed by atoms with E-state index < -0.39 is 18.5 Å². The molecule has 2 aliphatic heterocycles. The van der Waals surface area contributed by atoms with Gasteiger partial charge >= 0.3 is 5.97 Å². The van der Waals surface area contributed by atoms with Gasteiger partial charge in [-0.25, -0.2) is 0 Å². The highest BCUT2D eigenvalue weighted by molar-refractivity contribution is 6.01. The Morgan fingerprint density at radius 2 is 1.93 bits per heavy atom. The van der Waals surface area contributed by atoms with Crippen molar-refractivity contribution in [3.63, 3.8) is 0 Å². The number of Topliss-reactive ketones (excluding diaryl/α,β-unsaturated/α-hetero) is 1. The van der Waals surface area contributed by atoms with Crippen molar-refractivity contribution in [2.75, 3.05) is 32.0 Å². The van der Waals surface area contributed by atoms with E-state index in [9.17, 15) is 14.4 Å². The summed E-state index contributed by atoms with van der Waals surface area (Å²) in [4.78, 5) is 38.6. The van der Waals surface area contributed by atoms with Crippen LogP contribution in [0.5, 0.6) is 17.2 Å². The van der Waals surface area contributed by atoms with E-state index in [1.807, 2.05) is 0 Å². The normalized spacial score (nSPS) is 17.3. The van der Waals surface area contributed by atoms with E-state index >= 15 is 0 Å². The molecule has 0 aromatic heterocycles. The molecule has 1 atom stereocenters. The zero-order valence-electron chi connectivity index (χ0n) is 15.8. The number of methoxy groups -OCH3 is 1. The van der Waals surface area contributed by atoms with Crippen LogP contribution in [-0.2, 0) is 14.3 Å². The maximum absolute atomic E-state index is 12.4. The van der Waals surface area contributed by atoms with Crippen LogP contribution in [-0.4, -0.2) is 44.7 Å². The van der Waals surface area contributed by atoms with Crippen LogP contribution in [0.15, 0.2) is 42.5 Å². The van der Waals surface area contributed by atoms with Crippen molar-refractivity contribution in [1.82, 2.24) is 0 Å². The minimum absolute atomic E-state index is 0.0229. The molecule has 2 aromatic rings. The summed E-state index contributed by atoms with van der Waals surface area (Å²) < 4.78 is 20.9. The molecule has 8 nitrogen and oxygen atoms in total. The van der Waals surface area contributed by atoms with Gasteiger partial charge in [-0.1, -0.05) is 12.1 Å². The molecule has 0 saturated carbocycles. The molecule has 0 aliphatic carbocycles. The zero-order valence-corrected chi connectivity index (χ0v) is 15.8. The fourth-order valence-corrected chi connectivity index (χ4v) is 3.36. The fraction of sp³-hybridized carbons (Fsp3) is 0.286. The first-order valence-electron chi connectivity index (χ1n) is 9.09. The lowest BCUT2D eigenvalue weighted by Crippen LogP contribution is -2.27. The van der Waals surface area contributed by atoms with Crippen molar-refractivity contribution in [2.45, 2.75) is 6.42 Å². The lowest BCUT2D eigenvalue weighted by Gasteiger charge is -2.19. The minimum Gasteiger partial charge on any atom is -0.495 e. The van der Waals surface area contributed by atoms with Crippen LogP contribution < -0.4 is 19.1 Å². The van der Waals surface area contributed by atoms with Crippen LogP contribution in [0.3, 0.4) is 0 Å². The second-order valence-electron chi connectivity index (χ2n) is 6.68. The average molecular weight is 397 g/mol. The highest BCUT2D eigenvalue weighted by Gasteiger charge is 2.37. The largest absolute Gasteiger partial charge is 0.495 e. The van der Waals surface area contributed by atoms with E-state index in [4.69, 9.17) is 18.9 Å². The highest BCUT2D eigenvalue weighted by atomic mass is 16.7. The summed E-state index contributed by atoms with van der Waals surface area (Å²) in [6.07, 6.45) is 0.0229. The molecule has 2 aromatic carbocycles. The van der Waals surface area contributed by atoms with E-state index in [1.54, 1.807) is 42.5 Å². The summed E-state index contributed by atoms with van der Waals surface area (Å²) in [6, 6.07) is 11.9. The Hall–Kier alpha value is -3.55. The average Bonchev–Trinajstić information content (AvgIpc) is 3.37. The van der Waals surface area contributed by atoms with Crippen molar-refractivity contribution < 1.29 is 33.3 Å². The van der Waals surface area contributed by atoms with Gasteiger partial charge in [-0.05, 0) is 30.3 Å². The molecule has 150 valence electrons. The summed E-state index contributed by atoms with van der Waals surface area (Å²) in [5, 5.41) is 0. The van der Waals surface area contributed by atoms with Crippen molar-refractivity contribution in [2.24, 2.45) is 5.92 Å². The minimum atomic E-state index is -0.642. The van der Waals surface area contributed by atoms with Gasteiger partial charge in [0.2, 0.25) is 12.7 Å². The number of para-hydroxylation sites is 2. The predicted octanol–water partition coefficient (Wildman–Crippen LogP) is 2.20. The second kappa shape index (κ2) is 7.83. The van der Waals surface area contributed by atoms with Crippen LogP contribution >= 0.6 is 0 Å². The maximum atomic E-state index is 12.4. The van der Waals surface area contributed by atoms with Gasteiger partial charge in [0.1, 0.15) is 5.75 Å². The molecule has 2 aliphatic rings. The summed E-state index contributed by atoms with van der Waals surface area (Å²) in [6.45, 7) is -0.117. The summed E-state index contributed by atoms with van der Waals surface area (Å²) >= 11 is 0. The van der Waals surface area contributed by atoms with E-state index in [0.29, 0.717) is 28.5 Å². The standard InChI is InChI=1S/C21H19NO7/c1-26-17-5-3-2-4-15(17)22-10-14(9-20(22)24)21(25)27-11-16(23)13-6-7-18-19(8-13)29-12-28-18/h2-8,14H,9-12H2,1H3/t14-/m1/s1. The first kappa shape index (κ1) is 18.8. The number of esters is 1. The van der Waals surface area contributed by atoms with Crippen LogP contribution in [0, 0.1) is 5.92 Å². The number of hydrogen-bond acceptors (Lipinski definition) is 7. The van der Waals surface area contributed by atoms with E-state index in [0.717, 1.165) is 0 Å². The Balaban J connectivity index is 1.37. The number of ether oxygens (including phenoxy) is 4. The van der Waals surface area contributed by atoms with Gasteiger partial charge in [0.25, 0.3) is 0 Å². The fourth-order valence-electron chi connectivity index (χ4n) is 3.36. The lowest BCUT2D eigenvalue weighted by molar-refractivity contribution is -0.147. The number of benzene rings is 2. The number of hydrogen-bond donors (Lipinski definition) is 0. The summed E-state index contributed by atoms with van der Waals surface area (Å²) in [5.41, 5.74) is 0.965. The van der Waals surface area contributed by atoms with E-state index in [-0.39, 0.29) is 31.4 Å². The van der Waals surface area contributed by atoms with Crippen molar-refractivity contribution >= 4 is 23.3 Å². The topological polar surface area (TPSA) is 91.4 Å². The number of carbonyl (C=O) groups excluding carboxylic acids is 3. The third kappa shape index (κ3) is 3.73. The molecule has 0 radical (unpaired) electrons. The molecule has 8 heteroatoms. The van der Waals surface area contributed by atoms with Crippen molar-refractivity contribution in [1.29, 1.82) is 0 Å². The molecule has 29 heavy (non-hydrogen) atoms. The molecular weight excluding hydrogens is 378 g/mol. The van der Waals surface area contributed by atoms with E-state index in [2.05, 4.69) is 0 Å². The zero-order chi connectivity index (χ0) is 20.4. The van der Waals surface area contributed by atoms with Gasteiger partial charge in [-0.15, -0.1) is 0 Å². The molecule has 1 saturated heterocycles. The van der Waals surface area contributed by atoms with Gasteiger partial charge < -0.3 is 23.8 Å². The molecule has 1 fully saturated rings. The molecule has 2 heterocycles. The maximum Gasteiger partial charge on any atom is 0.311 e. The molecule has 0 N–H and O–H groups in total. The smallest absolute Gasteiger partial charge is 0.311 e. The van der Waals surface area contributed by atoms with Crippen LogP contribution in [0.2, 0.25) is 0 Å². The molecule has 0 spiro atoms. The Morgan fingerprint density at radius 3 is 2.76 bits per heavy atom. The van der Waals surface area contributed by atoms with Gasteiger partial charge in [0.15, 0.2) is 23.9 Å². The monoisotopic (exact) mass is 397 g/mol. The highest BCUT2D eigenvalue weighted by Crippen LogP contribution is 2.34. The summed E-state index contributed by atoms with van der Waals surface area (Å²) in [7, 11) is 1.52. The number of fused-ring (bicyclic) bond motifs is 1. The van der Waals surface area contributed by atoms with Crippen LogP contribution in [0.4, 0.5) is 5.69 Å². The van der Waals surface area contributed by atoms with Crippen molar-refractivity contribution in [3.05, 3.63) is 48.0 Å². The molecule has 1 amide bonds. The quantitative estimate of drug-likeness (QED) is 0.545. The number of rotatable bonds is 6. The Morgan fingerprint density at radius 1 is 1.14 bits per heavy atom. The number of nitrogens with zero attached hydrogens (tertiary/aromatic N) is 1. The Labute approximate surface area is 166 Å². The van der Waals surface area contributed by atoms with Crippen LogP contribution in [0.25, 0.3) is 0 Å².